The van der Waals surface area contributed by atoms with Crippen molar-refractivity contribution in [2.45, 2.75) is 232 Å². The highest BCUT2D eigenvalue weighted by atomic mass is 31.2. The lowest BCUT2D eigenvalue weighted by Gasteiger charge is -2.28. The Kier molecular flexibility index (Phi) is 44.9. The van der Waals surface area contributed by atoms with Gasteiger partial charge in [0.25, 0.3) is 7.82 Å². The first-order valence-electron chi connectivity index (χ1n) is 25.9. The smallest absolute Gasteiger partial charge is 0.306 e. The van der Waals surface area contributed by atoms with Crippen LogP contribution in [0, 0.1) is 0 Å². The van der Waals surface area contributed by atoms with E-state index in [4.69, 9.17) is 18.5 Å². The number of hydrogen-bond donors (Lipinski definition) is 0. The zero-order valence-electron chi connectivity index (χ0n) is 41.3. The van der Waals surface area contributed by atoms with E-state index < -0.39 is 13.9 Å². The van der Waals surface area contributed by atoms with Gasteiger partial charge in [-0.25, -0.2) is 0 Å². The first kappa shape index (κ1) is 60.5. The Hall–Kier alpha value is -1.54. The Morgan fingerprint density at radius 1 is 0.500 bits per heavy atom. The van der Waals surface area contributed by atoms with Crippen LogP contribution in [0.25, 0.3) is 0 Å². The number of unbranched alkanes of at least 4 members (excludes halogenated alkanes) is 26. The molecular formula is C53H100NO7P. The first-order chi connectivity index (χ1) is 30.1. The fourth-order valence-corrected chi connectivity index (χ4v) is 7.81. The molecule has 0 aliphatic rings. The second-order valence-electron chi connectivity index (χ2n) is 18.5. The molecule has 9 heteroatoms. The van der Waals surface area contributed by atoms with Crippen LogP contribution >= 0.6 is 7.82 Å². The van der Waals surface area contributed by atoms with Crippen LogP contribution in [0.3, 0.4) is 0 Å². The van der Waals surface area contributed by atoms with Gasteiger partial charge in [0, 0.05) is 13.0 Å². The lowest BCUT2D eigenvalue weighted by molar-refractivity contribution is -0.870. The molecule has 0 aromatic heterocycles. The lowest BCUT2D eigenvalue weighted by atomic mass is 10.1. The number of allylic oxidation sites excluding steroid dienone is 8. The predicted octanol–water partition coefficient (Wildman–Crippen LogP) is 15.3. The highest BCUT2D eigenvalue weighted by Crippen LogP contribution is 2.38. The predicted molar refractivity (Wildman–Crippen MR) is 263 cm³/mol. The Morgan fingerprint density at radius 3 is 1.32 bits per heavy atom. The summed E-state index contributed by atoms with van der Waals surface area (Å²) in [5, 5.41) is 0. The number of phosphoric ester groups is 1. The highest BCUT2D eigenvalue weighted by Gasteiger charge is 2.20. The molecule has 0 aliphatic heterocycles. The van der Waals surface area contributed by atoms with Crippen LogP contribution in [0.5, 0.6) is 0 Å². The third-order valence-corrected chi connectivity index (χ3v) is 12.1. The second kappa shape index (κ2) is 46.0. The van der Waals surface area contributed by atoms with Gasteiger partial charge in [-0.15, -0.1) is 0 Å². The van der Waals surface area contributed by atoms with Crippen LogP contribution in [0.15, 0.2) is 48.6 Å². The Bertz CT molecular complexity index is 1130. The van der Waals surface area contributed by atoms with Gasteiger partial charge >= 0.3 is 5.97 Å². The summed E-state index contributed by atoms with van der Waals surface area (Å²) in [6.07, 6.45) is 57.0. The Labute approximate surface area is 384 Å². The van der Waals surface area contributed by atoms with Crippen LogP contribution in [-0.2, 0) is 27.9 Å². The van der Waals surface area contributed by atoms with E-state index >= 15 is 0 Å². The molecule has 2 atom stereocenters. The van der Waals surface area contributed by atoms with Crippen molar-refractivity contribution in [2.75, 3.05) is 54.1 Å². The number of nitrogens with zero attached hydrogens (tertiary/aromatic N) is 1. The Morgan fingerprint density at radius 2 is 0.887 bits per heavy atom. The minimum Gasteiger partial charge on any atom is -0.756 e. The molecule has 0 N–H and O–H groups in total. The van der Waals surface area contributed by atoms with E-state index in [0.717, 1.165) is 51.4 Å². The zero-order valence-corrected chi connectivity index (χ0v) is 42.2. The maximum Gasteiger partial charge on any atom is 0.306 e. The Balaban J connectivity index is 4.15. The largest absolute Gasteiger partial charge is 0.756 e. The summed E-state index contributed by atoms with van der Waals surface area (Å²) in [5.41, 5.74) is 0. The van der Waals surface area contributed by atoms with Gasteiger partial charge < -0.3 is 27.9 Å². The molecular weight excluding hydrogens is 794 g/mol. The summed E-state index contributed by atoms with van der Waals surface area (Å²) in [6.45, 7) is 5.39. The summed E-state index contributed by atoms with van der Waals surface area (Å²) in [6, 6.07) is 0. The van der Waals surface area contributed by atoms with Crippen molar-refractivity contribution in [1.82, 2.24) is 0 Å². The van der Waals surface area contributed by atoms with Crippen molar-refractivity contribution in [2.24, 2.45) is 0 Å². The molecule has 0 saturated carbocycles. The first-order valence-corrected chi connectivity index (χ1v) is 27.3. The van der Waals surface area contributed by atoms with E-state index in [1.54, 1.807) is 0 Å². The minimum atomic E-state index is -4.53. The van der Waals surface area contributed by atoms with E-state index in [-0.39, 0.29) is 25.8 Å². The number of carbonyl (C=O) groups excluding carboxylic acids is 1. The molecule has 0 aromatic rings. The molecule has 364 valence electrons. The van der Waals surface area contributed by atoms with Crippen molar-refractivity contribution in [3.05, 3.63) is 48.6 Å². The molecule has 0 amide bonds. The number of phosphoric acid groups is 1. The van der Waals surface area contributed by atoms with Crippen molar-refractivity contribution < 1.29 is 37.3 Å². The van der Waals surface area contributed by atoms with Crippen LogP contribution in [0.1, 0.15) is 226 Å². The van der Waals surface area contributed by atoms with Gasteiger partial charge in [-0.2, -0.15) is 0 Å². The van der Waals surface area contributed by atoms with E-state index in [1.807, 2.05) is 21.1 Å². The number of hydrogen-bond acceptors (Lipinski definition) is 7. The monoisotopic (exact) mass is 894 g/mol. The molecule has 8 nitrogen and oxygen atoms in total. The van der Waals surface area contributed by atoms with Gasteiger partial charge in [-0.05, 0) is 77.0 Å². The van der Waals surface area contributed by atoms with E-state index in [0.29, 0.717) is 24.1 Å². The summed E-state index contributed by atoms with van der Waals surface area (Å²) >= 11 is 0. The van der Waals surface area contributed by atoms with Gasteiger partial charge in [-0.3, -0.25) is 9.36 Å². The lowest BCUT2D eigenvalue weighted by Crippen LogP contribution is -2.37. The molecule has 0 aliphatic carbocycles. The van der Waals surface area contributed by atoms with Crippen molar-refractivity contribution in [3.8, 4) is 0 Å². The topological polar surface area (TPSA) is 94.1 Å². The number of quaternary nitrogens is 1. The van der Waals surface area contributed by atoms with E-state index in [1.165, 1.54) is 154 Å². The fourth-order valence-electron chi connectivity index (χ4n) is 7.08. The molecule has 0 bridgehead atoms. The zero-order chi connectivity index (χ0) is 45.5. The van der Waals surface area contributed by atoms with Crippen molar-refractivity contribution >= 4 is 13.8 Å². The van der Waals surface area contributed by atoms with E-state index in [2.05, 4.69) is 62.5 Å². The van der Waals surface area contributed by atoms with Crippen LogP contribution < -0.4 is 4.89 Å². The van der Waals surface area contributed by atoms with Crippen molar-refractivity contribution in [3.63, 3.8) is 0 Å². The molecule has 0 fully saturated rings. The van der Waals surface area contributed by atoms with Crippen molar-refractivity contribution in [1.29, 1.82) is 0 Å². The number of esters is 1. The minimum absolute atomic E-state index is 0.0229. The molecule has 0 rings (SSSR count). The van der Waals surface area contributed by atoms with Gasteiger partial charge in [0.15, 0.2) is 0 Å². The third kappa shape index (κ3) is 49.5. The van der Waals surface area contributed by atoms with Crippen LogP contribution in [0.4, 0.5) is 0 Å². The standard InChI is InChI=1S/C53H100NO7P/c1-6-8-10-12-14-16-18-20-22-24-26-27-28-29-31-33-35-37-39-41-43-45-48-58-50-52(51-60-62(56,57)59-49-47-54(3,4)5)61-53(55)46-44-42-40-38-36-34-32-30-25-23-21-19-17-15-13-11-9-7-2/h17-20,23-26,52H,6-16,21-22,27-51H2,1-5H3/b19-17-,20-18-,25-23-,26-24-. The van der Waals surface area contributed by atoms with Crippen LogP contribution in [0.2, 0.25) is 0 Å². The quantitative estimate of drug-likeness (QED) is 0.0197. The number of likely N-dealkylation sites (N-methyl/N-ethyl adjacent to an activating group) is 1. The maximum absolute atomic E-state index is 12.7. The molecule has 62 heavy (non-hydrogen) atoms. The highest BCUT2D eigenvalue weighted by molar-refractivity contribution is 7.45. The number of carbonyl (C=O) groups is 1. The fraction of sp³-hybridized carbons (Fsp3) is 0.830. The molecule has 2 unspecified atom stereocenters. The number of ether oxygens (including phenoxy) is 2. The molecule has 0 spiro atoms. The third-order valence-electron chi connectivity index (χ3n) is 11.1. The molecule has 0 aromatic carbocycles. The average Bonchev–Trinajstić information content (AvgIpc) is 3.23. The normalized spacial score (nSPS) is 14.0. The summed E-state index contributed by atoms with van der Waals surface area (Å²) in [4.78, 5) is 25.2. The van der Waals surface area contributed by atoms with Gasteiger partial charge in [0.05, 0.1) is 34.4 Å². The summed E-state index contributed by atoms with van der Waals surface area (Å²) in [5.74, 6) is -0.342. The average molecular weight is 894 g/mol. The van der Waals surface area contributed by atoms with Crippen LogP contribution in [-0.4, -0.2) is 70.7 Å². The molecule has 0 saturated heterocycles. The van der Waals surface area contributed by atoms with Gasteiger partial charge in [-0.1, -0.05) is 191 Å². The second-order valence-corrected chi connectivity index (χ2v) is 19.9. The molecule has 0 radical (unpaired) electrons. The summed E-state index contributed by atoms with van der Waals surface area (Å²) < 4.78 is 34.7. The SMILES string of the molecule is CCCCCC/C=C\C/C=C\CCCCCCCCCC(=O)OC(COCCCCCCCCCCCC/C=C\C/C=C\CCCCCCC)COP(=O)([O-])OCC[N+](C)(C)C. The van der Waals surface area contributed by atoms with E-state index in [9.17, 15) is 14.3 Å². The maximum atomic E-state index is 12.7. The van der Waals surface area contributed by atoms with Gasteiger partial charge in [0.2, 0.25) is 0 Å². The number of rotatable bonds is 48. The summed E-state index contributed by atoms with van der Waals surface area (Å²) in [7, 11) is 1.35. The van der Waals surface area contributed by atoms with Gasteiger partial charge in [0.1, 0.15) is 19.3 Å². The molecule has 0 heterocycles.